The highest BCUT2D eigenvalue weighted by atomic mass is 16.5. The molecule has 0 saturated heterocycles. The number of nitrogens with one attached hydrogen (secondary N) is 2. The molecule has 0 spiro atoms. The molecule has 0 aliphatic heterocycles. The number of aromatic amines is 2. The summed E-state index contributed by atoms with van der Waals surface area (Å²) in [6.07, 6.45) is 5.95. The van der Waals surface area contributed by atoms with Crippen LogP contribution < -0.4 is 0 Å². The maximum atomic E-state index is 12.8. The summed E-state index contributed by atoms with van der Waals surface area (Å²) >= 11 is 0. The first-order valence-electron chi connectivity index (χ1n) is 10.2. The summed E-state index contributed by atoms with van der Waals surface area (Å²) < 4.78 is 5.24. The van der Waals surface area contributed by atoms with E-state index in [9.17, 15) is 4.79 Å². The lowest BCUT2D eigenvalue weighted by Crippen LogP contribution is -2.13. The molecular formula is C22H23N5O3. The minimum atomic E-state index is -0.207. The fraction of sp³-hybridized carbons (Fsp3) is 0.364. The molecule has 0 unspecified atom stereocenters. The van der Waals surface area contributed by atoms with Crippen LogP contribution in [0, 0.1) is 6.92 Å². The van der Waals surface area contributed by atoms with E-state index < -0.39 is 0 Å². The highest BCUT2D eigenvalue weighted by Crippen LogP contribution is 2.39. The number of benzene rings is 1. The van der Waals surface area contributed by atoms with Gasteiger partial charge in [-0.3, -0.25) is 15.0 Å². The highest BCUT2D eigenvalue weighted by Gasteiger charge is 2.25. The third-order valence-corrected chi connectivity index (χ3v) is 5.81. The number of ketones is 1. The van der Waals surface area contributed by atoms with E-state index in [2.05, 4.69) is 20.4 Å². The van der Waals surface area contributed by atoms with Gasteiger partial charge in [0.25, 0.3) is 0 Å². The maximum Gasteiger partial charge on any atom is 0.209 e. The number of pyridine rings is 1. The molecule has 0 bridgehead atoms. The van der Waals surface area contributed by atoms with Crippen LogP contribution in [0.4, 0.5) is 0 Å². The van der Waals surface area contributed by atoms with Crippen LogP contribution in [-0.4, -0.2) is 56.1 Å². The van der Waals surface area contributed by atoms with E-state index in [1.165, 1.54) is 11.1 Å². The number of Topliss-reactive ketones (excluding diaryl/α,β-unsaturated/α-hetero) is 1. The predicted molar refractivity (Wildman–Crippen MR) is 113 cm³/mol. The van der Waals surface area contributed by atoms with Gasteiger partial charge in [-0.05, 0) is 55.9 Å². The molecule has 5 rings (SSSR count). The van der Waals surface area contributed by atoms with Crippen molar-refractivity contribution in [3.05, 3.63) is 40.8 Å². The normalized spacial score (nSPS) is 13.8. The average molecular weight is 405 g/mol. The van der Waals surface area contributed by atoms with Crippen LogP contribution in [0.2, 0.25) is 0 Å². The van der Waals surface area contributed by atoms with Gasteiger partial charge in [0.2, 0.25) is 5.78 Å². The third kappa shape index (κ3) is 3.00. The van der Waals surface area contributed by atoms with Crippen molar-refractivity contribution >= 4 is 27.6 Å². The Labute approximate surface area is 172 Å². The van der Waals surface area contributed by atoms with Gasteiger partial charge in [0.05, 0.1) is 36.1 Å². The molecule has 0 amide bonds. The number of H-pyrrole nitrogens is 2. The molecule has 30 heavy (non-hydrogen) atoms. The minimum Gasteiger partial charge on any atom is -0.394 e. The Bertz CT molecular complexity index is 1260. The SMILES string of the molecule is Cc1[nH]ncc1-c1nc2ccc3[nH]nc(C(=O)COCCO)c3c2c2c1CCCC2. The van der Waals surface area contributed by atoms with Crippen molar-refractivity contribution in [2.45, 2.75) is 32.6 Å². The van der Waals surface area contributed by atoms with Gasteiger partial charge in [-0.1, -0.05) is 0 Å². The van der Waals surface area contributed by atoms with E-state index >= 15 is 0 Å². The first kappa shape index (κ1) is 18.9. The van der Waals surface area contributed by atoms with Gasteiger partial charge < -0.3 is 9.84 Å². The smallest absolute Gasteiger partial charge is 0.209 e. The van der Waals surface area contributed by atoms with Gasteiger partial charge in [0, 0.05) is 22.0 Å². The number of aliphatic hydroxyl groups excluding tert-OH is 1. The number of aromatic nitrogens is 5. The summed E-state index contributed by atoms with van der Waals surface area (Å²) in [6.45, 7) is 1.90. The molecule has 0 fully saturated rings. The van der Waals surface area contributed by atoms with Crippen molar-refractivity contribution in [2.75, 3.05) is 19.8 Å². The molecule has 8 heteroatoms. The molecule has 0 radical (unpaired) electrons. The van der Waals surface area contributed by atoms with Crippen LogP contribution in [-0.2, 0) is 17.6 Å². The molecule has 0 atom stereocenters. The minimum absolute atomic E-state index is 0.112. The van der Waals surface area contributed by atoms with Gasteiger partial charge >= 0.3 is 0 Å². The zero-order valence-corrected chi connectivity index (χ0v) is 16.8. The van der Waals surface area contributed by atoms with Crippen LogP contribution in [0.5, 0.6) is 0 Å². The number of aliphatic hydroxyl groups is 1. The Morgan fingerprint density at radius 2 is 2.00 bits per heavy atom. The molecule has 1 aromatic carbocycles. The van der Waals surface area contributed by atoms with Gasteiger partial charge in [0.15, 0.2) is 0 Å². The van der Waals surface area contributed by atoms with Crippen molar-refractivity contribution in [1.29, 1.82) is 0 Å². The molecule has 1 aliphatic rings. The number of fused-ring (bicyclic) bond motifs is 5. The second-order valence-corrected chi connectivity index (χ2v) is 7.69. The maximum absolute atomic E-state index is 12.8. The lowest BCUT2D eigenvalue weighted by molar-refractivity contribution is 0.0661. The van der Waals surface area contributed by atoms with Crippen LogP contribution >= 0.6 is 0 Å². The second kappa shape index (κ2) is 7.62. The van der Waals surface area contributed by atoms with Gasteiger partial charge in [-0.2, -0.15) is 10.2 Å². The molecule has 3 heterocycles. The van der Waals surface area contributed by atoms with E-state index in [1.54, 1.807) is 0 Å². The largest absolute Gasteiger partial charge is 0.394 e. The summed E-state index contributed by atoms with van der Waals surface area (Å²) in [7, 11) is 0. The number of hydrogen-bond acceptors (Lipinski definition) is 6. The zero-order chi connectivity index (χ0) is 20.7. The molecule has 8 nitrogen and oxygen atoms in total. The Balaban J connectivity index is 1.76. The van der Waals surface area contributed by atoms with Crippen molar-refractivity contribution in [1.82, 2.24) is 25.4 Å². The number of aryl methyl sites for hydroxylation is 2. The van der Waals surface area contributed by atoms with E-state index in [0.29, 0.717) is 5.69 Å². The van der Waals surface area contributed by atoms with Crippen molar-refractivity contribution < 1.29 is 14.6 Å². The number of ether oxygens (including phenoxy) is 1. The molecular weight excluding hydrogens is 382 g/mol. The number of hydrogen-bond donors (Lipinski definition) is 3. The average Bonchev–Trinajstić information content (AvgIpc) is 3.39. The van der Waals surface area contributed by atoms with Crippen molar-refractivity contribution in [2.24, 2.45) is 0 Å². The highest BCUT2D eigenvalue weighted by molar-refractivity contribution is 6.17. The molecule has 0 saturated carbocycles. The first-order valence-corrected chi connectivity index (χ1v) is 10.2. The van der Waals surface area contributed by atoms with Crippen LogP contribution in [0.3, 0.4) is 0 Å². The van der Waals surface area contributed by atoms with Gasteiger partial charge in [0.1, 0.15) is 12.3 Å². The third-order valence-electron chi connectivity index (χ3n) is 5.81. The first-order chi connectivity index (χ1) is 14.7. The van der Waals surface area contributed by atoms with Crippen molar-refractivity contribution in [3.63, 3.8) is 0 Å². The standard InChI is InChI=1S/C22H23N5O3/c1-12-15(10-23-25-12)21-14-5-3-2-4-13(14)19-16(24-21)6-7-17-20(19)22(27-26-17)18(29)11-30-9-8-28/h6-7,10,28H,2-5,8-9,11H2,1H3,(H,23,25)(H,26,27). The lowest BCUT2D eigenvalue weighted by atomic mass is 9.85. The molecule has 3 aromatic heterocycles. The lowest BCUT2D eigenvalue weighted by Gasteiger charge is -2.21. The van der Waals surface area contributed by atoms with Crippen molar-refractivity contribution in [3.8, 4) is 11.3 Å². The van der Waals surface area contributed by atoms with E-state index in [4.69, 9.17) is 14.8 Å². The molecule has 3 N–H and O–H groups in total. The Morgan fingerprint density at radius 1 is 1.17 bits per heavy atom. The monoisotopic (exact) mass is 405 g/mol. The molecule has 1 aliphatic carbocycles. The molecule has 4 aromatic rings. The van der Waals surface area contributed by atoms with Crippen LogP contribution in [0.15, 0.2) is 18.3 Å². The van der Waals surface area contributed by atoms with E-state index in [1.807, 2.05) is 25.3 Å². The summed E-state index contributed by atoms with van der Waals surface area (Å²) in [5.41, 5.74) is 7.52. The number of nitrogens with zero attached hydrogens (tertiary/aromatic N) is 3. The zero-order valence-electron chi connectivity index (χ0n) is 16.8. The predicted octanol–water partition coefficient (Wildman–Crippen LogP) is 2.88. The topological polar surface area (TPSA) is 117 Å². The summed E-state index contributed by atoms with van der Waals surface area (Å²) in [5.74, 6) is -0.207. The summed E-state index contributed by atoms with van der Waals surface area (Å²) in [5, 5.41) is 25.2. The Kier molecular flexibility index (Phi) is 4.80. The van der Waals surface area contributed by atoms with Crippen LogP contribution in [0.1, 0.15) is 40.2 Å². The fourth-order valence-electron chi connectivity index (χ4n) is 4.44. The Hall–Kier alpha value is -3.10. The number of rotatable bonds is 6. The Morgan fingerprint density at radius 3 is 2.77 bits per heavy atom. The van der Waals surface area contributed by atoms with Crippen LogP contribution in [0.25, 0.3) is 33.1 Å². The van der Waals surface area contributed by atoms with Gasteiger partial charge in [-0.25, -0.2) is 4.98 Å². The molecule has 154 valence electrons. The summed E-state index contributed by atoms with van der Waals surface area (Å²) in [4.78, 5) is 17.8. The number of carbonyl (C=O) groups excluding carboxylic acids is 1. The summed E-state index contributed by atoms with van der Waals surface area (Å²) in [6, 6.07) is 3.91. The quantitative estimate of drug-likeness (QED) is 0.335. The van der Waals surface area contributed by atoms with E-state index in [0.717, 1.165) is 64.4 Å². The van der Waals surface area contributed by atoms with E-state index in [-0.39, 0.29) is 25.6 Å². The number of carbonyl (C=O) groups is 1. The van der Waals surface area contributed by atoms with Gasteiger partial charge in [-0.15, -0.1) is 0 Å². The second-order valence-electron chi connectivity index (χ2n) is 7.69. The fourth-order valence-corrected chi connectivity index (χ4v) is 4.44.